The first-order valence-corrected chi connectivity index (χ1v) is 6.84. The molecule has 1 aliphatic heterocycles. The van der Waals surface area contributed by atoms with Gasteiger partial charge in [0.05, 0.1) is 12.1 Å². The third-order valence-electron chi connectivity index (χ3n) is 3.48. The first-order chi connectivity index (χ1) is 9.58. The molecule has 1 fully saturated rings. The molecule has 0 N–H and O–H groups in total. The molecule has 5 heteroatoms. The van der Waals surface area contributed by atoms with Gasteiger partial charge in [-0.15, -0.1) is 0 Å². The van der Waals surface area contributed by atoms with Gasteiger partial charge in [0.15, 0.2) is 5.78 Å². The van der Waals surface area contributed by atoms with E-state index in [-0.39, 0.29) is 18.0 Å². The van der Waals surface area contributed by atoms with Crippen LogP contribution in [0.1, 0.15) is 42.5 Å². The molecular formula is C15H17F2NO2. The summed E-state index contributed by atoms with van der Waals surface area (Å²) in [5.41, 5.74) is -0.292. The number of benzene rings is 1. The number of hydrogen-bond donors (Lipinski definition) is 0. The molecule has 0 aromatic heterocycles. The van der Waals surface area contributed by atoms with Crippen LogP contribution in [0, 0.1) is 11.6 Å². The molecular weight excluding hydrogens is 264 g/mol. The van der Waals surface area contributed by atoms with E-state index >= 15 is 0 Å². The molecule has 1 amide bonds. The summed E-state index contributed by atoms with van der Waals surface area (Å²) in [6.45, 7) is 0.320. The first kappa shape index (κ1) is 14.6. The highest BCUT2D eigenvalue weighted by Crippen LogP contribution is 2.15. The second-order valence-electron chi connectivity index (χ2n) is 5.03. The number of ketones is 1. The van der Waals surface area contributed by atoms with Gasteiger partial charge >= 0.3 is 0 Å². The van der Waals surface area contributed by atoms with E-state index in [1.54, 1.807) is 0 Å². The van der Waals surface area contributed by atoms with Crippen LogP contribution in [-0.2, 0) is 4.79 Å². The van der Waals surface area contributed by atoms with Crippen molar-refractivity contribution >= 4 is 11.7 Å². The highest BCUT2D eigenvalue weighted by molar-refractivity contribution is 5.99. The Kier molecular flexibility index (Phi) is 4.82. The summed E-state index contributed by atoms with van der Waals surface area (Å²) in [5.74, 6) is -2.06. The van der Waals surface area contributed by atoms with Crippen molar-refractivity contribution < 1.29 is 18.4 Å². The maximum Gasteiger partial charge on any atom is 0.222 e. The summed E-state index contributed by atoms with van der Waals surface area (Å²) >= 11 is 0. The molecule has 0 atom stereocenters. The predicted molar refractivity (Wildman–Crippen MR) is 70.4 cm³/mol. The van der Waals surface area contributed by atoms with Gasteiger partial charge < -0.3 is 4.90 Å². The Morgan fingerprint density at radius 3 is 2.70 bits per heavy atom. The topological polar surface area (TPSA) is 37.4 Å². The molecule has 0 radical (unpaired) electrons. The fourth-order valence-electron chi connectivity index (χ4n) is 2.35. The predicted octanol–water partition coefficient (Wildman–Crippen LogP) is 2.94. The van der Waals surface area contributed by atoms with E-state index in [0.717, 1.165) is 43.9 Å². The Balaban J connectivity index is 2.09. The van der Waals surface area contributed by atoms with E-state index < -0.39 is 17.4 Å². The minimum Gasteiger partial charge on any atom is -0.335 e. The molecule has 3 nitrogen and oxygen atoms in total. The Bertz CT molecular complexity index is 517. The van der Waals surface area contributed by atoms with E-state index in [1.807, 2.05) is 0 Å². The van der Waals surface area contributed by atoms with Gasteiger partial charge in [-0.2, -0.15) is 0 Å². The number of amides is 1. The largest absolute Gasteiger partial charge is 0.335 e. The summed E-state index contributed by atoms with van der Waals surface area (Å²) in [5, 5.41) is 0. The number of Topliss-reactive ketones (excluding diaryl/α,β-unsaturated/α-hetero) is 1. The standard InChI is InChI=1S/C15H17F2NO2/c16-11-6-7-13(17)12(9-11)14(19)10-18-8-4-2-1-3-5-15(18)20/h6-7,9H,1-5,8,10H2. The van der Waals surface area contributed by atoms with Gasteiger partial charge in [0.25, 0.3) is 0 Å². The van der Waals surface area contributed by atoms with Gasteiger partial charge in [-0.1, -0.05) is 12.8 Å². The molecule has 0 aliphatic carbocycles. The molecule has 1 aliphatic rings. The number of rotatable bonds is 3. The van der Waals surface area contributed by atoms with Gasteiger partial charge in [-0.25, -0.2) is 8.78 Å². The molecule has 0 spiro atoms. The zero-order valence-corrected chi connectivity index (χ0v) is 11.2. The van der Waals surface area contributed by atoms with Crippen LogP contribution < -0.4 is 0 Å². The van der Waals surface area contributed by atoms with Crippen molar-refractivity contribution in [2.24, 2.45) is 0 Å². The minimum atomic E-state index is -0.754. The lowest BCUT2D eigenvalue weighted by Crippen LogP contribution is -2.37. The van der Waals surface area contributed by atoms with Gasteiger partial charge in [-0.3, -0.25) is 9.59 Å². The van der Waals surface area contributed by atoms with Crippen LogP contribution in [0.25, 0.3) is 0 Å². The van der Waals surface area contributed by atoms with Crippen molar-refractivity contribution in [2.45, 2.75) is 32.1 Å². The zero-order chi connectivity index (χ0) is 14.5. The SMILES string of the molecule is O=C(CN1CCCCCCC1=O)c1cc(F)ccc1F. The van der Waals surface area contributed by atoms with Crippen LogP contribution in [0.15, 0.2) is 18.2 Å². The molecule has 1 aromatic carbocycles. The van der Waals surface area contributed by atoms with Gasteiger partial charge in [-0.05, 0) is 31.0 Å². The number of likely N-dealkylation sites (tertiary alicyclic amines) is 1. The highest BCUT2D eigenvalue weighted by Gasteiger charge is 2.21. The van der Waals surface area contributed by atoms with E-state index in [0.29, 0.717) is 13.0 Å². The minimum absolute atomic E-state index is 0.0881. The van der Waals surface area contributed by atoms with Crippen molar-refractivity contribution in [2.75, 3.05) is 13.1 Å². The van der Waals surface area contributed by atoms with Crippen molar-refractivity contribution in [1.29, 1.82) is 0 Å². The molecule has 20 heavy (non-hydrogen) atoms. The normalized spacial score (nSPS) is 16.7. The average molecular weight is 281 g/mol. The second-order valence-corrected chi connectivity index (χ2v) is 5.03. The van der Waals surface area contributed by atoms with Gasteiger partial charge in [0, 0.05) is 13.0 Å². The Labute approximate surface area is 116 Å². The van der Waals surface area contributed by atoms with Crippen molar-refractivity contribution in [1.82, 2.24) is 4.90 Å². The quantitative estimate of drug-likeness (QED) is 0.799. The summed E-state index contributed by atoms with van der Waals surface area (Å²) < 4.78 is 26.6. The van der Waals surface area contributed by atoms with Crippen LogP contribution in [0.5, 0.6) is 0 Å². The monoisotopic (exact) mass is 281 g/mol. The van der Waals surface area contributed by atoms with E-state index in [9.17, 15) is 18.4 Å². The van der Waals surface area contributed by atoms with Crippen LogP contribution in [0.2, 0.25) is 0 Å². The molecule has 2 rings (SSSR count). The third-order valence-corrected chi connectivity index (χ3v) is 3.48. The lowest BCUT2D eigenvalue weighted by Gasteiger charge is -2.24. The number of nitrogens with zero attached hydrogens (tertiary/aromatic N) is 1. The molecule has 1 saturated heterocycles. The number of carbonyl (C=O) groups excluding carboxylic acids is 2. The van der Waals surface area contributed by atoms with Crippen molar-refractivity contribution in [3.8, 4) is 0 Å². The smallest absolute Gasteiger partial charge is 0.222 e. The Morgan fingerprint density at radius 2 is 1.90 bits per heavy atom. The summed E-state index contributed by atoms with van der Waals surface area (Å²) in [6.07, 6.45) is 4.11. The summed E-state index contributed by atoms with van der Waals surface area (Å²) in [6, 6.07) is 2.78. The van der Waals surface area contributed by atoms with E-state index in [4.69, 9.17) is 0 Å². The van der Waals surface area contributed by atoms with Crippen LogP contribution in [-0.4, -0.2) is 29.7 Å². The number of hydrogen-bond acceptors (Lipinski definition) is 2. The number of halogens is 2. The Hall–Kier alpha value is -1.78. The lowest BCUT2D eigenvalue weighted by molar-refractivity contribution is -0.131. The first-order valence-electron chi connectivity index (χ1n) is 6.84. The maximum absolute atomic E-state index is 13.5. The molecule has 0 bridgehead atoms. The Morgan fingerprint density at radius 1 is 1.15 bits per heavy atom. The van der Waals surface area contributed by atoms with E-state index in [1.165, 1.54) is 4.90 Å². The fraction of sp³-hybridized carbons (Fsp3) is 0.467. The molecule has 0 saturated carbocycles. The summed E-state index contributed by atoms with van der Waals surface area (Å²) in [4.78, 5) is 25.4. The van der Waals surface area contributed by atoms with Gasteiger partial charge in [0.2, 0.25) is 5.91 Å². The molecule has 0 unspecified atom stereocenters. The second kappa shape index (κ2) is 6.59. The van der Waals surface area contributed by atoms with E-state index in [2.05, 4.69) is 0 Å². The van der Waals surface area contributed by atoms with Crippen molar-refractivity contribution in [3.63, 3.8) is 0 Å². The third kappa shape index (κ3) is 3.62. The van der Waals surface area contributed by atoms with Crippen LogP contribution >= 0.6 is 0 Å². The average Bonchev–Trinajstić information content (AvgIpc) is 2.41. The summed E-state index contributed by atoms with van der Waals surface area (Å²) in [7, 11) is 0. The molecule has 108 valence electrons. The maximum atomic E-state index is 13.5. The number of carbonyl (C=O) groups is 2. The van der Waals surface area contributed by atoms with Gasteiger partial charge in [0.1, 0.15) is 11.6 Å². The highest BCUT2D eigenvalue weighted by atomic mass is 19.1. The van der Waals surface area contributed by atoms with Crippen molar-refractivity contribution in [3.05, 3.63) is 35.4 Å². The molecule has 1 aromatic rings. The van der Waals surface area contributed by atoms with Crippen LogP contribution in [0.3, 0.4) is 0 Å². The van der Waals surface area contributed by atoms with Crippen LogP contribution in [0.4, 0.5) is 8.78 Å². The lowest BCUT2D eigenvalue weighted by atomic mass is 10.1. The fourth-order valence-corrected chi connectivity index (χ4v) is 2.35. The molecule has 1 heterocycles. The zero-order valence-electron chi connectivity index (χ0n) is 11.2.